The second-order valence-corrected chi connectivity index (χ2v) is 3.42. The Hall–Kier alpha value is -1.10. The quantitative estimate of drug-likeness (QED) is 0.503. The molecule has 5 nitrogen and oxygen atoms in total. The summed E-state index contributed by atoms with van der Waals surface area (Å²) in [6.45, 7) is 1.64. The highest BCUT2D eigenvalue weighted by molar-refractivity contribution is 6.28. The molecule has 88 valence electrons. The van der Waals surface area contributed by atoms with Gasteiger partial charge in [-0.25, -0.2) is 9.59 Å². The number of hydrogen-bond donors (Lipinski definition) is 2. The first-order valence-corrected chi connectivity index (χ1v) is 5.23. The number of carboxylic acid groups (broad SMARTS) is 1. The molecule has 1 saturated carbocycles. The summed E-state index contributed by atoms with van der Waals surface area (Å²) in [5.74, 6) is -2.75. The van der Waals surface area contributed by atoms with Crippen LogP contribution in [0, 0.1) is 0 Å². The molecule has 0 aromatic carbocycles. The van der Waals surface area contributed by atoms with E-state index >= 15 is 0 Å². The molecule has 0 aromatic rings. The maximum Gasteiger partial charge on any atom is 0.417 e. The van der Waals surface area contributed by atoms with Gasteiger partial charge in [0.2, 0.25) is 0 Å². The fourth-order valence-electron chi connectivity index (χ4n) is 1.33. The van der Waals surface area contributed by atoms with E-state index in [9.17, 15) is 9.59 Å². The van der Waals surface area contributed by atoms with E-state index in [1.165, 1.54) is 32.1 Å². The first kappa shape index (κ1) is 13.9. The minimum Gasteiger partial charge on any atom is -0.473 e. The Morgan fingerprint density at radius 1 is 1.33 bits per heavy atom. The average molecular weight is 217 g/mol. The van der Waals surface area contributed by atoms with Crippen LogP contribution in [-0.2, 0) is 14.3 Å². The number of carbonyl (C=O) groups excluding carboxylic acids is 1. The largest absolute Gasteiger partial charge is 0.473 e. The van der Waals surface area contributed by atoms with Crippen molar-refractivity contribution < 1.29 is 19.4 Å². The summed E-state index contributed by atoms with van der Waals surface area (Å²) in [5.41, 5.74) is 5.63. The maximum atomic E-state index is 9.92. The van der Waals surface area contributed by atoms with Crippen LogP contribution in [0.3, 0.4) is 0 Å². The summed E-state index contributed by atoms with van der Waals surface area (Å²) in [5, 5.41) is 7.84. The maximum absolute atomic E-state index is 9.92. The number of carbonyl (C=O) groups is 2. The molecule has 0 saturated heterocycles. The second-order valence-electron chi connectivity index (χ2n) is 3.42. The average Bonchev–Trinajstić information content (AvgIpc) is 2.20. The van der Waals surface area contributed by atoms with Gasteiger partial charge in [-0.3, -0.25) is 0 Å². The van der Waals surface area contributed by atoms with Gasteiger partial charge in [-0.1, -0.05) is 19.3 Å². The molecule has 1 fully saturated rings. The van der Waals surface area contributed by atoms with Crippen LogP contribution in [0.4, 0.5) is 0 Å². The van der Waals surface area contributed by atoms with Gasteiger partial charge in [-0.2, -0.15) is 0 Å². The lowest BCUT2D eigenvalue weighted by atomic mass is 9.97. The minimum atomic E-state index is -1.55. The van der Waals surface area contributed by atoms with Gasteiger partial charge >= 0.3 is 11.9 Å². The lowest BCUT2D eigenvalue weighted by Crippen LogP contribution is -2.22. The lowest BCUT2D eigenvalue weighted by molar-refractivity contribution is -0.163. The highest BCUT2D eigenvalue weighted by Crippen LogP contribution is 2.14. The monoisotopic (exact) mass is 217 g/mol. The number of ether oxygens (including phenoxy) is 1. The highest BCUT2D eigenvalue weighted by atomic mass is 16.6. The third-order valence-corrected chi connectivity index (χ3v) is 2.10. The van der Waals surface area contributed by atoms with Crippen molar-refractivity contribution in [3.63, 3.8) is 0 Å². The fraction of sp³-hybridized carbons (Fsp3) is 0.800. The molecule has 1 aliphatic rings. The van der Waals surface area contributed by atoms with E-state index in [0.717, 1.165) is 0 Å². The number of aliphatic carboxylic acids is 1. The van der Waals surface area contributed by atoms with E-state index in [0.29, 0.717) is 6.04 Å². The molecule has 0 amide bonds. The zero-order valence-electron chi connectivity index (χ0n) is 9.07. The third kappa shape index (κ3) is 7.93. The number of rotatable bonds is 1. The number of carboxylic acids is 1. The Labute approximate surface area is 89.6 Å². The van der Waals surface area contributed by atoms with E-state index in [1.807, 2.05) is 0 Å². The SMILES string of the molecule is CCOC(=O)C(=O)O.NC1CCCCC1. The minimum absolute atomic E-state index is 0.102. The molecule has 3 N–H and O–H groups in total. The molecule has 0 atom stereocenters. The summed E-state index contributed by atoms with van der Waals surface area (Å²) in [6.07, 6.45) is 6.66. The molecule has 5 heteroatoms. The Bertz CT molecular complexity index is 200. The van der Waals surface area contributed by atoms with Crippen molar-refractivity contribution in [2.45, 2.75) is 45.1 Å². The molecule has 1 rings (SSSR count). The standard InChI is InChI=1S/C6H13N.C4H6O4/c7-6-4-2-1-3-5-6;1-2-8-4(7)3(5)6/h6H,1-5,7H2;2H2,1H3,(H,5,6). The molecule has 15 heavy (non-hydrogen) atoms. The molecule has 0 radical (unpaired) electrons. The second kappa shape index (κ2) is 8.23. The lowest BCUT2D eigenvalue weighted by Gasteiger charge is -2.15. The van der Waals surface area contributed by atoms with E-state index in [1.54, 1.807) is 6.92 Å². The van der Waals surface area contributed by atoms with Crippen LogP contribution in [0.2, 0.25) is 0 Å². The van der Waals surface area contributed by atoms with E-state index in [4.69, 9.17) is 10.8 Å². The smallest absolute Gasteiger partial charge is 0.417 e. The molecule has 0 bridgehead atoms. The van der Waals surface area contributed by atoms with E-state index in [2.05, 4.69) is 4.74 Å². The first-order chi connectivity index (χ1) is 7.07. The van der Waals surface area contributed by atoms with Crippen molar-refractivity contribution in [3.05, 3.63) is 0 Å². The van der Waals surface area contributed by atoms with E-state index < -0.39 is 11.9 Å². The Morgan fingerprint density at radius 2 is 1.87 bits per heavy atom. The van der Waals surface area contributed by atoms with Crippen LogP contribution in [0.25, 0.3) is 0 Å². The summed E-state index contributed by atoms with van der Waals surface area (Å²) >= 11 is 0. The van der Waals surface area contributed by atoms with Crippen molar-refractivity contribution in [1.82, 2.24) is 0 Å². The molecule has 0 aromatic heterocycles. The topological polar surface area (TPSA) is 89.6 Å². The van der Waals surface area contributed by atoms with Crippen molar-refractivity contribution in [1.29, 1.82) is 0 Å². The molecule has 0 spiro atoms. The normalized spacial score (nSPS) is 16.1. The summed E-state index contributed by atoms with van der Waals surface area (Å²) in [6, 6.07) is 0.536. The van der Waals surface area contributed by atoms with Crippen molar-refractivity contribution in [2.24, 2.45) is 5.73 Å². The van der Waals surface area contributed by atoms with Gasteiger partial charge in [0.25, 0.3) is 0 Å². The molecular weight excluding hydrogens is 198 g/mol. The Balaban J connectivity index is 0.000000262. The van der Waals surface area contributed by atoms with Crippen molar-refractivity contribution >= 4 is 11.9 Å². The fourth-order valence-corrected chi connectivity index (χ4v) is 1.33. The highest BCUT2D eigenvalue weighted by Gasteiger charge is 2.10. The van der Waals surface area contributed by atoms with Crippen molar-refractivity contribution in [3.8, 4) is 0 Å². The van der Waals surface area contributed by atoms with Crippen LogP contribution in [0.1, 0.15) is 39.0 Å². The van der Waals surface area contributed by atoms with Crippen LogP contribution >= 0.6 is 0 Å². The van der Waals surface area contributed by atoms with Crippen LogP contribution in [-0.4, -0.2) is 29.7 Å². The number of hydrogen-bond acceptors (Lipinski definition) is 4. The third-order valence-electron chi connectivity index (χ3n) is 2.10. The predicted molar refractivity (Wildman–Crippen MR) is 55.3 cm³/mol. The zero-order chi connectivity index (χ0) is 11.7. The van der Waals surface area contributed by atoms with Gasteiger partial charge in [0.05, 0.1) is 6.61 Å². The molecule has 0 unspecified atom stereocenters. The van der Waals surface area contributed by atoms with E-state index in [-0.39, 0.29) is 6.61 Å². The summed E-state index contributed by atoms with van der Waals surface area (Å²) in [7, 11) is 0. The Kier molecular flexibility index (Phi) is 7.62. The van der Waals surface area contributed by atoms with Crippen molar-refractivity contribution in [2.75, 3.05) is 6.61 Å². The van der Waals surface area contributed by atoms with Crippen LogP contribution in [0.5, 0.6) is 0 Å². The summed E-state index contributed by atoms with van der Waals surface area (Å²) in [4.78, 5) is 19.5. The molecular formula is C10H19NO4. The number of esters is 1. The van der Waals surface area contributed by atoms with Gasteiger partial charge in [-0.05, 0) is 19.8 Å². The van der Waals surface area contributed by atoms with Gasteiger partial charge in [0, 0.05) is 6.04 Å². The predicted octanol–water partition coefficient (Wildman–Crippen LogP) is 0.912. The van der Waals surface area contributed by atoms with Gasteiger partial charge < -0.3 is 15.6 Å². The summed E-state index contributed by atoms with van der Waals surface area (Å²) < 4.78 is 4.06. The van der Waals surface area contributed by atoms with Gasteiger partial charge in [0.15, 0.2) is 0 Å². The van der Waals surface area contributed by atoms with Crippen LogP contribution < -0.4 is 5.73 Å². The zero-order valence-corrected chi connectivity index (χ0v) is 9.07. The van der Waals surface area contributed by atoms with Gasteiger partial charge in [-0.15, -0.1) is 0 Å². The Morgan fingerprint density at radius 3 is 2.07 bits per heavy atom. The van der Waals surface area contributed by atoms with Crippen LogP contribution in [0.15, 0.2) is 0 Å². The molecule has 0 aliphatic heterocycles. The molecule has 0 heterocycles. The van der Waals surface area contributed by atoms with Gasteiger partial charge in [0.1, 0.15) is 0 Å². The molecule has 1 aliphatic carbocycles. The number of nitrogens with two attached hydrogens (primary N) is 1. The first-order valence-electron chi connectivity index (χ1n) is 5.23.